The average Bonchev–Trinajstić information content (AvgIpc) is 3.74. The Bertz CT molecular complexity index is 1150. The van der Waals surface area contributed by atoms with Gasteiger partial charge in [-0.2, -0.15) is 0 Å². The summed E-state index contributed by atoms with van der Waals surface area (Å²) in [6.45, 7) is 6.17. The van der Waals surface area contributed by atoms with Crippen LogP contribution in [0.3, 0.4) is 0 Å². The maximum atomic E-state index is 5.18. The van der Waals surface area contributed by atoms with Crippen LogP contribution in [0.4, 0.5) is 11.6 Å². The van der Waals surface area contributed by atoms with Gasteiger partial charge < -0.3 is 15.5 Å². The van der Waals surface area contributed by atoms with Gasteiger partial charge in [0.25, 0.3) is 0 Å². The predicted molar refractivity (Wildman–Crippen MR) is 137 cm³/mol. The van der Waals surface area contributed by atoms with Gasteiger partial charge in [0, 0.05) is 55.6 Å². The first-order valence-electron chi connectivity index (χ1n) is 13.1. The Morgan fingerprint density at radius 3 is 2.65 bits per heavy atom. The van der Waals surface area contributed by atoms with Gasteiger partial charge in [0.2, 0.25) is 0 Å². The summed E-state index contributed by atoms with van der Waals surface area (Å²) < 4.78 is 0. The van der Waals surface area contributed by atoms with E-state index >= 15 is 0 Å². The topological polar surface area (TPSA) is 78.9 Å². The standard InChI is InChI=1S/C27H35N7/c1-18(19-5-3-2-4-6-19)31-24-15-21(9-10-30-24)26-32-23-17-29-16-22(20-7-8-20)25(23)27(33-26)34-13-11-28-12-14-34/h9-10,15-20,28H,2-8,11-14H2,1H3,(H,30,31)/t18-/m1/s1. The molecular weight excluding hydrogens is 422 g/mol. The van der Waals surface area contributed by atoms with Gasteiger partial charge in [0.1, 0.15) is 11.6 Å². The molecule has 0 radical (unpaired) electrons. The van der Waals surface area contributed by atoms with Gasteiger partial charge in [-0.15, -0.1) is 0 Å². The second-order valence-electron chi connectivity index (χ2n) is 10.3. The van der Waals surface area contributed by atoms with Crippen molar-refractivity contribution < 1.29 is 0 Å². The van der Waals surface area contributed by atoms with E-state index < -0.39 is 0 Å². The third kappa shape index (κ3) is 4.45. The van der Waals surface area contributed by atoms with Crippen molar-refractivity contribution in [2.75, 3.05) is 36.4 Å². The Labute approximate surface area is 201 Å². The summed E-state index contributed by atoms with van der Waals surface area (Å²) in [6, 6.07) is 4.56. The molecule has 1 atom stereocenters. The number of hydrogen-bond donors (Lipinski definition) is 2. The number of rotatable bonds is 6. The van der Waals surface area contributed by atoms with Gasteiger partial charge in [0.05, 0.1) is 11.7 Å². The minimum Gasteiger partial charge on any atom is -0.367 e. The normalized spacial score (nSPS) is 20.4. The molecule has 0 spiro atoms. The Morgan fingerprint density at radius 2 is 1.85 bits per heavy atom. The molecule has 1 aliphatic heterocycles. The van der Waals surface area contributed by atoms with Crippen LogP contribution in [-0.4, -0.2) is 52.2 Å². The molecule has 3 aromatic heterocycles. The number of nitrogens with zero attached hydrogens (tertiary/aromatic N) is 5. The summed E-state index contributed by atoms with van der Waals surface area (Å²) in [5.41, 5.74) is 3.27. The number of anilines is 2. The van der Waals surface area contributed by atoms with Crippen molar-refractivity contribution in [3.8, 4) is 11.4 Å². The lowest BCUT2D eigenvalue weighted by molar-refractivity contribution is 0.328. The van der Waals surface area contributed by atoms with E-state index in [2.05, 4.69) is 38.5 Å². The fourth-order valence-corrected chi connectivity index (χ4v) is 5.66. The van der Waals surface area contributed by atoms with Crippen LogP contribution in [0.15, 0.2) is 30.7 Å². The van der Waals surface area contributed by atoms with Crippen molar-refractivity contribution in [2.24, 2.45) is 5.92 Å². The van der Waals surface area contributed by atoms with Crippen LogP contribution in [0.2, 0.25) is 0 Å². The number of aromatic nitrogens is 4. The molecule has 34 heavy (non-hydrogen) atoms. The Hall–Kier alpha value is -2.80. The number of hydrogen-bond acceptors (Lipinski definition) is 7. The maximum absolute atomic E-state index is 5.18. The zero-order chi connectivity index (χ0) is 22.9. The lowest BCUT2D eigenvalue weighted by Gasteiger charge is -2.30. The molecule has 2 aliphatic carbocycles. The number of nitrogens with one attached hydrogen (secondary N) is 2. The van der Waals surface area contributed by atoms with Crippen LogP contribution in [0, 0.1) is 5.92 Å². The molecule has 0 aromatic carbocycles. The van der Waals surface area contributed by atoms with Gasteiger partial charge in [0.15, 0.2) is 5.82 Å². The van der Waals surface area contributed by atoms with E-state index in [1.165, 1.54) is 55.9 Å². The SMILES string of the molecule is C[C@@H](Nc1cc(-c2nc(N3CCNCC3)c3c(C4CC4)cncc3n2)ccn1)C1CCCCC1. The van der Waals surface area contributed by atoms with Crippen molar-refractivity contribution in [3.63, 3.8) is 0 Å². The summed E-state index contributed by atoms with van der Waals surface area (Å²) in [5, 5.41) is 8.33. The van der Waals surface area contributed by atoms with Crippen LogP contribution >= 0.6 is 0 Å². The highest BCUT2D eigenvalue weighted by molar-refractivity contribution is 5.94. The Balaban J connectivity index is 1.36. The highest BCUT2D eigenvalue weighted by Gasteiger charge is 2.29. The summed E-state index contributed by atoms with van der Waals surface area (Å²) in [7, 11) is 0. The van der Waals surface area contributed by atoms with Crippen molar-refractivity contribution in [1.82, 2.24) is 25.3 Å². The minimum absolute atomic E-state index is 0.419. The molecule has 3 aromatic rings. The van der Waals surface area contributed by atoms with E-state index in [1.807, 2.05) is 24.7 Å². The first-order valence-corrected chi connectivity index (χ1v) is 13.1. The summed E-state index contributed by atoms with van der Waals surface area (Å²) >= 11 is 0. The zero-order valence-electron chi connectivity index (χ0n) is 20.1. The number of piperazine rings is 1. The smallest absolute Gasteiger partial charge is 0.162 e. The molecule has 7 heteroatoms. The lowest BCUT2D eigenvalue weighted by atomic mass is 9.84. The molecule has 4 heterocycles. The molecule has 3 fully saturated rings. The van der Waals surface area contributed by atoms with Gasteiger partial charge >= 0.3 is 0 Å². The van der Waals surface area contributed by atoms with Crippen molar-refractivity contribution in [1.29, 1.82) is 0 Å². The predicted octanol–water partition coefficient (Wildman–Crippen LogP) is 4.75. The largest absolute Gasteiger partial charge is 0.367 e. The van der Waals surface area contributed by atoms with Crippen molar-refractivity contribution in [2.45, 2.75) is 63.8 Å². The molecule has 3 aliphatic rings. The number of fused-ring (bicyclic) bond motifs is 1. The molecule has 178 valence electrons. The molecule has 1 saturated heterocycles. The highest BCUT2D eigenvalue weighted by atomic mass is 15.2. The third-order valence-corrected chi connectivity index (χ3v) is 7.80. The molecule has 6 rings (SSSR count). The average molecular weight is 458 g/mol. The Kier molecular flexibility index (Phi) is 6.04. The van der Waals surface area contributed by atoms with E-state index in [-0.39, 0.29) is 0 Å². The molecule has 2 saturated carbocycles. The number of pyridine rings is 2. The first kappa shape index (κ1) is 21.7. The molecular formula is C27H35N7. The quantitative estimate of drug-likeness (QED) is 0.553. The van der Waals surface area contributed by atoms with Gasteiger partial charge in [-0.25, -0.2) is 15.0 Å². The fraction of sp³-hybridized carbons (Fsp3) is 0.556. The van der Waals surface area contributed by atoms with E-state index in [1.54, 1.807) is 0 Å². The van der Waals surface area contributed by atoms with E-state index in [4.69, 9.17) is 9.97 Å². The third-order valence-electron chi connectivity index (χ3n) is 7.80. The molecule has 2 N–H and O–H groups in total. The van der Waals surface area contributed by atoms with Crippen LogP contribution in [0.5, 0.6) is 0 Å². The van der Waals surface area contributed by atoms with Gasteiger partial charge in [-0.1, -0.05) is 19.3 Å². The van der Waals surface area contributed by atoms with Crippen molar-refractivity contribution >= 4 is 22.5 Å². The van der Waals surface area contributed by atoms with Crippen LogP contribution in [-0.2, 0) is 0 Å². The first-order chi connectivity index (χ1) is 16.8. The lowest BCUT2D eigenvalue weighted by Crippen LogP contribution is -2.44. The fourth-order valence-electron chi connectivity index (χ4n) is 5.66. The summed E-state index contributed by atoms with van der Waals surface area (Å²) in [6.07, 6.45) is 15.0. The van der Waals surface area contributed by atoms with E-state index in [9.17, 15) is 0 Å². The Morgan fingerprint density at radius 1 is 1.03 bits per heavy atom. The van der Waals surface area contributed by atoms with Crippen LogP contribution < -0.4 is 15.5 Å². The molecule has 0 bridgehead atoms. The van der Waals surface area contributed by atoms with Gasteiger partial charge in [-0.05, 0) is 62.1 Å². The van der Waals surface area contributed by atoms with E-state index in [0.29, 0.717) is 12.0 Å². The second-order valence-corrected chi connectivity index (χ2v) is 10.3. The molecule has 0 unspecified atom stereocenters. The summed E-state index contributed by atoms with van der Waals surface area (Å²) in [4.78, 5) is 21.8. The highest BCUT2D eigenvalue weighted by Crippen LogP contribution is 2.44. The summed E-state index contributed by atoms with van der Waals surface area (Å²) in [5.74, 6) is 4.06. The van der Waals surface area contributed by atoms with Crippen LogP contribution in [0.1, 0.15) is 63.4 Å². The van der Waals surface area contributed by atoms with E-state index in [0.717, 1.165) is 60.6 Å². The van der Waals surface area contributed by atoms with Crippen molar-refractivity contribution in [3.05, 3.63) is 36.3 Å². The minimum atomic E-state index is 0.419. The second kappa shape index (κ2) is 9.45. The molecule has 0 amide bonds. The monoisotopic (exact) mass is 457 g/mol. The maximum Gasteiger partial charge on any atom is 0.162 e. The van der Waals surface area contributed by atoms with Gasteiger partial charge in [-0.3, -0.25) is 4.98 Å². The zero-order valence-corrected chi connectivity index (χ0v) is 20.1. The molecule has 7 nitrogen and oxygen atoms in total. The van der Waals surface area contributed by atoms with Crippen LogP contribution in [0.25, 0.3) is 22.3 Å².